The SMILES string of the molecule is CC(O)(C(=N)N)C1C=CC=C(C(F)(F)F)C1. The van der Waals surface area contributed by atoms with E-state index >= 15 is 0 Å². The average Bonchev–Trinajstić information content (AvgIpc) is 2.16. The summed E-state index contributed by atoms with van der Waals surface area (Å²) in [5.41, 5.74) is 2.68. The van der Waals surface area contributed by atoms with Crippen LogP contribution in [0.15, 0.2) is 23.8 Å². The number of halogens is 3. The van der Waals surface area contributed by atoms with Crippen molar-refractivity contribution in [2.24, 2.45) is 11.7 Å². The number of nitrogens with two attached hydrogens (primary N) is 1. The third-order valence-electron chi connectivity index (χ3n) is 2.71. The maximum absolute atomic E-state index is 12.4. The van der Waals surface area contributed by atoms with Crippen LogP contribution >= 0.6 is 0 Å². The van der Waals surface area contributed by atoms with Crippen LogP contribution in [0, 0.1) is 11.3 Å². The minimum absolute atomic E-state index is 0.368. The van der Waals surface area contributed by atoms with E-state index in [2.05, 4.69) is 0 Å². The first-order chi connectivity index (χ1) is 7.15. The van der Waals surface area contributed by atoms with Gasteiger partial charge in [0.05, 0.1) is 0 Å². The second-order valence-corrected chi connectivity index (χ2v) is 3.95. The highest BCUT2D eigenvalue weighted by Crippen LogP contribution is 2.36. The first kappa shape index (κ1) is 12.8. The zero-order chi connectivity index (χ0) is 12.6. The van der Waals surface area contributed by atoms with Crippen LogP contribution in [0.25, 0.3) is 0 Å². The summed E-state index contributed by atoms with van der Waals surface area (Å²) in [6.45, 7) is 1.24. The van der Waals surface area contributed by atoms with Crippen molar-refractivity contribution in [2.75, 3.05) is 0 Å². The third-order valence-corrected chi connectivity index (χ3v) is 2.71. The molecule has 0 saturated carbocycles. The fourth-order valence-electron chi connectivity index (χ4n) is 1.47. The molecule has 0 heterocycles. The number of aliphatic hydroxyl groups is 1. The van der Waals surface area contributed by atoms with Gasteiger partial charge in [0.15, 0.2) is 0 Å². The summed E-state index contributed by atoms with van der Waals surface area (Å²) in [6, 6.07) is 0. The van der Waals surface area contributed by atoms with E-state index < -0.39 is 29.1 Å². The standard InChI is InChI=1S/C10H13F3N2O/c1-9(16,8(14)15)6-3-2-4-7(5-6)10(11,12)13/h2-4,6,16H,5H2,1H3,(H3,14,15). The molecule has 1 rings (SSSR count). The van der Waals surface area contributed by atoms with Crippen LogP contribution in [0.2, 0.25) is 0 Å². The highest BCUT2D eigenvalue weighted by Gasteiger charge is 2.41. The number of rotatable bonds is 2. The molecule has 0 saturated heterocycles. The summed E-state index contributed by atoms with van der Waals surface area (Å²) in [4.78, 5) is 0. The van der Waals surface area contributed by atoms with E-state index in [0.29, 0.717) is 0 Å². The molecule has 90 valence electrons. The first-order valence-corrected chi connectivity index (χ1v) is 4.67. The molecular weight excluding hydrogens is 221 g/mol. The lowest BCUT2D eigenvalue weighted by molar-refractivity contribution is -0.0967. The van der Waals surface area contributed by atoms with Crippen molar-refractivity contribution in [1.29, 1.82) is 5.41 Å². The molecule has 0 aromatic rings. The van der Waals surface area contributed by atoms with Crippen LogP contribution in [0.1, 0.15) is 13.3 Å². The third kappa shape index (κ3) is 2.44. The highest BCUT2D eigenvalue weighted by molar-refractivity contribution is 5.86. The Morgan fingerprint density at radius 1 is 1.56 bits per heavy atom. The van der Waals surface area contributed by atoms with Gasteiger partial charge in [-0.3, -0.25) is 5.41 Å². The number of nitrogens with one attached hydrogen (secondary N) is 1. The summed E-state index contributed by atoms with van der Waals surface area (Å²) in [6.07, 6.45) is -1.15. The van der Waals surface area contributed by atoms with E-state index in [1.165, 1.54) is 19.1 Å². The molecule has 2 atom stereocenters. The Balaban J connectivity index is 2.90. The summed E-state index contributed by atoms with van der Waals surface area (Å²) >= 11 is 0. The van der Waals surface area contributed by atoms with Gasteiger partial charge in [0.1, 0.15) is 11.4 Å². The van der Waals surface area contributed by atoms with Gasteiger partial charge < -0.3 is 10.8 Å². The van der Waals surface area contributed by atoms with Crippen molar-refractivity contribution in [3.63, 3.8) is 0 Å². The lowest BCUT2D eigenvalue weighted by Gasteiger charge is -2.32. The number of alkyl halides is 3. The topological polar surface area (TPSA) is 70.1 Å². The van der Waals surface area contributed by atoms with Gasteiger partial charge in [0, 0.05) is 11.5 Å². The largest absolute Gasteiger partial charge is 0.412 e. The predicted molar refractivity (Wildman–Crippen MR) is 53.9 cm³/mol. The molecule has 0 aromatic heterocycles. The molecule has 4 N–H and O–H groups in total. The van der Waals surface area contributed by atoms with Crippen molar-refractivity contribution < 1.29 is 18.3 Å². The van der Waals surface area contributed by atoms with E-state index in [0.717, 1.165) is 6.08 Å². The highest BCUT2D eigenvalue weighted by atomic mass is 19.4. The van der Waals surface area contributed by atoms with Gasteiger partial charge in [-0.1, -0.05) is 18.2 Å². The molecule has 6 heteroatoms. The Kier molecular flexibility index (Phi) is 3.14. The molecule has 16 heavy (non-hydrogen) atoms. The molecule has 0 aromatic carbocycles. The normalized spacial score (nSPS) is 24.8. The van der Waals surface area contributed by atoms with Crippen molar-refractivity contribution in [3.05, 3.63) is 23.8 Å². The Hall–Kier alpha value is -1.30. The van der Waals surface area contributed by atoms with Crippen LogP contribution in [0.5, 0.6) is 0 Å². The van der Waals surface area contributed by atoms with Crippen LogP contribution in [-0.4, -0.2) is 22.7 Å². The Morgan fingerprint density at radius 2 is 2.12 bits per heavy atom. The Bertz CT molecular complexity index is 356. The van der Waals surface area contributed by atoms with Crippen LogP contribution in [0.4, 0.5) is 13.2 Å². The molecule has 1 aliphatic carbocycles. The van der Waals surface area contributed by atoms with Gasteiger partial charge in [0.2, 0.25) is 0 Å². The molecule has 0 spiro atoms. The molecule has 0 amide bonds. The molecule has 0 aliphatic heterocycles. The predicted octanol–water partition coefficient (Wildman–Crippen LogP) is 1.74. The number of amidine groups is 1. The van der Waals surface area contributed by atoms with Crippen LogP contribution < -0.4 is 5.73 Å². The first-order valence-electron chi connectivity index (χ1n) is 4.67. The van der Waals surface area contributed by atoms with E-state index in [-0.39, 0.29) is 6.42 Å². The van der Waals surface area contributed by atoms with Crippen molar-refractivity contribution >= 4 is 5.84 Å². The number of hydrogen-bond donors (Lipinski definition) is 3. The zero-order valence-electron chi connectivity index (χ0n) is 8.67. The summed E-state index contributed by atoms with van der Waals surface area (Å²) in [5.74, 6) is -1.36. The molecule has 0 fully saturated rings. The van der Waals surface area contributed by atoms with Gasteiger partial charge in [-0.25, -0.2) is 0 Å². The van der Waals surface area contributed by atoms with E-state index in [9.17, 15) is 18.3 Å². The van der Waals surface area contributed by atoms with Gasteiger partial charge in [-0.15, -0.1) is 0 Å². The Morgan fingerprint density at radius 3 is 2.56 bits per heavy atom. The Labute approximate surface area is 91.0 Å². The van der Waals surface area contributed by atoms with E-state index in [1.807, 2.05) is 0 Å². The zero-order valence-corrected chi connectivity index (χ0v) is 8.67. The maximum Gasteiger partial charge on any atom is 0.412 e. The average molecular weight is 234 g/mol. The monoisotopic (exact) mass is 234 g/mol. The summed E-state index contributed by atoms with van der Waals surface area (Å²) in [5, 5.41) is 17.0. The number of hydrogen-bond acceptors (Lipinski definition) is 2. The van der Waals surface area contributed by atoms with Gasteiger partial charge >= 0.3 is 6.18 Å². The van der Waals surface area contributed by atoms with Gasteiger partial charge in [0.25, 0.3) is 0 Å². The van der Waals surface area contributed by atoms with Crippen molar-refractivity contribution in [3.8, 4) is 0 Å². The van der Waals surface area contributed by atoms with Crippen LogP contribution in [-0.2, 0) is 0 Å². The second kappa shape index (κ2) is 3.93. The van der Waals surface area contributed by atoms with Crippen molar-refractivity contribution in [1.82, 2.24) is 0 Å². The maximum atomic E-state index is 12.4. The fourth-order valence-corrected chi connectivity index (χ4v) is 1.47. The molecular formula is C10H13F3N2O. The smallest absolute Gasteiger partial charge is 0.385 e. The minimum atomic E-state index is -4.41. The number of allylic oxidation sites excluding steroid dienone is 3. The molecule has 3 nitrogen and oxygen atoms in total. The second-order valence-electron chi connectivity index (χ2n) is 3.95. The molecule has 1 aliphatic rings. The molecule has 2 unspecified atom stereocenters. The van der Waals surface area contributed by atoms with E-state index in [1.54, 1.807) is 0 Å². The van der Waals surface area contributed by atoms with Gasteiger partial charge in [-0.05, 0) is 13.3 Å². The summed E-state index contributed by atoms with van der Waals surface area (Å²) in [7, 11) is 0. The molecule has 0 radical (unpaired) electrons. The molecule has 0 bridgehead atoms. The minimum Gasteiger partial charge on any atom is -0.385 e. The van der Waals surface area contributed by atoms with Crippen LogP contribution in [0.3, 0.4) is 0 Å². The van der Waals surface area contributed by atoms with Gasteiger partial charge in [-0.2, -0.15) is 13.2 Å². The quantitative estimate of drug-likeness (QED) is 0.503. The van der Waals surface area contributed by atoms with Crippen molar-refractivity contribution in [2.45, 2.75) is 25.1 Å². The summed E-state index contributed by atoms with van der Waals surface area (Å²) < 4.78 is 37.3. The van der Waals surface area contributed by atoms with E-state index in [4.69, 9.17) is 11.1 Å². The lowest BCUT2D eigenvalue weighted by atomic mass is 9.80. The fraction of sp³-hybridized carbons (Fsp3) is 0.500. The lowest BCUT2D eigenvalue weighted by Crippen LogP contribution is -2.47.